The van der Waals surface area contributed by atoms with E-state index in [1.165, 1.54) is 23.6 Å². The first-order chi connectivity index (χ1) is 19.8. The molecule has 2 aliphatic heterocycles. The second kappa shape index (κ2) is 11.1. The Morgan fingerprint density at radius 1 is 1.29 bits per heavy atom. The molecule has 0 saturated carbocycles. The second-order valence-corrected chi connectivity index (χ2v) is 12.3. The van der Waals surface area contributed by atoms with Crippen LogP contribution in [-0.2, 0) is 23.1 Å². The van der Waals surface area contributed by atoms with Crippen molar-refractivity contribution in [1.29, 1.82) is 5.26 Å². The molecule has 214 valence electrons. The summed E-state index contributed by atoms with van der Waals surface area (Å²) in [4.78, 5) is 28.9. The van der Waals surface area contributed by atoms with Gasteiger partial charge in [-0.1, -0.05) is 36.4 Å². The van der Waals surface area contributed by atoms with E-state index >= 15 is 0 Å². The third kappa shape index (κ3) is 5.00. The Hall–Kier alpha value is -3.41. The number of carbonyl (C=O) groups excluding carboxylic acids is 1. The van der Waals surface area contributed by atoms with Crippen molar-refractivity contribution in [3.63, 3.8) is 0 Å². The Morgan fingerprint density at radius 2 is 2.15 bits per heavy atom. The van der Waals surface area contributed by atoms with Crippen LogP contribution in [0.2, 0.25) is 5.02 Å². The summed E-state index contributed by atoms with van der Waals surface area (Å²) in [6.07, 6.45) is 8.75. The van der Waals surface area contributed by atoms with Crippen LogP contribution in [0, 0.1) is 11.3 Å². The van der Waals surface area contributed by atoms with E-state index in [-0.39, 0.29) is 23.8 Å². The van der Waals surface area contributed by atoms with E-state index < -0.39 is 0 Å². The number of allylic oxidation sites excluding steroid dienone is 2. The monoisotopic (exact) mass is 572 g/mol. The van der Waals surface area contributed by atoms with Crippen molar-refractivity contribution in [2.75, 3.05) is 44.7 Å². The highest BCUT2D eigenvalue weighted by Gasteiger charge is 2.43. The van der Waals surface area contributed by atoms with Crippen molar-refractivity contribution in [3.05, 3.63) is 64.3 Å². The van der Waals surface area contributed by atoms with E-state index in [9.17, 15) is 10.1 Å². The van der Waals surface area contributed by atoms with Crippen molar-refractivity contribution in [3.8, 4) is 12.1 Å². The maximum Gasteiger partial charge on any atom is 0.318 e. The minimum Gasteiger partial charge on any atom is -0.462 e. The van der Waals surface area contributed by atoms with Crippen LogP contribution in [0.1, 0.15) is 55.0 Å². The number of halogens is 1. The molecule has 2 fully saturated rings. The zero-order valence-corrected chi connectivity index (χ0v) is 24.7. The number of likely N-dealkylation sites (N-methyl/N-ethyl adjacent to an activating group) is 1. The fourth-order valence-electron chi connectivity index (χ4n) is 7.31. The summed E-state index contributed by atoms with van der Waals surface area (Å²) in [5.74, 6) is 0.736. The first-order valence-corrected chi connectivity index (χ1v) is 15.0. The predicted molar refractivity (Wildman–Crippen MR) is 160 cm³/mol. The summed E-state index contributed by atoms with van der Waals surface area (Å²) in [5.41, 5.74) is 5.62. The van der Waals surface area contributed by atoms with E-state index in [1.54, 1.807) is 4.90 Å². The molecule has 1 aromatic carbocycles. The summed E-state index contributed by atoms with van der Waals surface area (Å²) in [7, 11) is 2.14. The summed E-state index contributed by atoms with van der Waals surface area (Å²) in [5, 5.41) is 10.3. The lowest BCUT2D eigenvalue weighted by Gasteiger charge is -2.42. The summed E-state index contributed by atoms with van der Waals surface area (Å²) in [6.45, 7) is 9.10. The fraction of sp³-hybridized carbons (Fsp3) is 0.500. The van der Waals surface area contributed by atoms with Gasteiger partial charge in [-0.25, -0.2) is 0 Å². The summed E-state index contributed by atoms with van der Waals surface area (Å²) >= 11 is 6.66. The van der Waals surface area contributed by atoms with Gasteiger partial charge in [0.15, 0.2) is 0 Å². The third-order valence-electron chi connectivity index (χ3n) is 9.43. The minimum absolute atomic E-state index is 0.137. The maximum atomic E-state index is 12.5. The molecule has 2 saturated heterocycles. The number of aromatic nitrogens is 2. The van der Waals surface area contributed by atoms with Crippen LogP contribution in [0.4, 0.5) is 5.82 Å². The molecule has 3 atom stereocenters. The average molecular weight is 573 g/mol. The molecule has 9 heteroatoms. The van der Waals surface area contributed by atoms with Crippen LogP contribution in [0.5, 0.6) is 6.01 Å². The van der Waals surface area contributed by atoms with Gasteiger partial charge in [-0.2, -0.15) is 15.2 Å². The Bertz CT molecular complexity index is 1450. The van der Waals surface area contributed by atoms with Gasteiger partial charge in [0.2, 0.25) is 5.91 Å². The van der Waals surface area contributed by atoms with Crippen molar-refractivity contribution < 1.29 is 9.53 Å². The van der Waals surface area contributed by atoms with Gasteiger partial charge in [-0.05, 0) is 75.0 Å². The number of nitrogens with zero attached hydrogens (tertiary/aromatic N) is 6. The molecule has 41 heavy (non-hydrogen) atoms. The molecular formula is C32H37ClN6O2. The lowest BCUT2D eigenvalue weighted by atomic mass is 9.70. The fourth-order valence-corrected chi connectivity index (χ4v) is 7.64. The maximum absolute atomic E-state index is 12.5. The Labute approximate surface area is 247 Å². The number of nitriles is 1. The number of rotatable bonds is 6. The van der Waals surface area contributed by atoms with E-state index in [0.717, 1.165) is 59.9 Å². The largest absolute Gasteiger partial charge is 0.462 e. The number of amides is 1. The number of piperazine rings is 1. The molecule has 4 aliphatic rings. The molecule has 8 nitrogen and oxygen atoms in total. The van der Waals surface area contributed by atoms with Gasteiger partial charge < -0.3 is 19.4 Å². The molecule has 0 N–H and O–H groups in total. The number of fused-ring (bicyclic) bond motifs is 3. The number of anilines is 1. The van der Waals surface area contributed by atoms with Crippen molar-refractivity contribution in [2.24, 2.45) is 0 Å². The van der Waals surface area contributed by atoms with Gasteiger partial charge in [0.25, 0.3) is 0 Å². The van der Waals surface area contributed by atoms with Crippen LogP contribution < -0.4 is 9.64 Å². The summed E-state index contributed by atoms with van der Waals surface area (Å²) < 4.78 is 6.31. The Balaban J connectivity index is 1.36. The normalized spacial score (nSPS) is 25.5. The first kappa shape index (κ1) is 27.7. The molecule has 0 bridgehead atoms. The highest BCUT2D eigenvalue weighted by molar-refractivity contribution is 6.32. The molecule has 1 spiro atoms. The number of hydrogen-bond acceptors (Lipinski definition) is 7. The molecule has 6 rings (SSSR count). The topological polar surface area (TPSA) is 85.6 Å². The number of carbonyl (C=O) groups is 1. The zero-order valence-electron chi connectivity index (χ0n) is 23.9. The average Bonchev–Trinajstić information content (AvgIpc) is 3.51. The lowest BCUT2D eigenvalue weighted by Crippen LogP contribution is -2.55. The van der Waals surface area contributed by atoms with E-state index in [1.807, 2.05) is 12.1 Å². The molecular weight excluding hydrogens is 536 g/mol. The Morgan fingerprint density at radius 3 is 2.90 bits per heavy atom. The van der Waals surface area contributed by atoms with Crippen LogP contribution >= 0.6 is 11.6 Å². The Kier molecular flexibility index (Phi) is 7.52. The SMILES string of the molecule is C=CC(=O)N1CCN(c2nc(OC[C@@H]3CCCN3C)nc3c2CC[C@@]2(C=C(C)c4c(Cl)cccc42)C3)C[C@@H]1CC#N. The van der Waals surface area contributed by atoms with E-state index in [2.05, 4.69) is 48.6 Å². The highest BCUT2D eigenvalue weighted by atomic mass is 35.5. The molecule has 2 aromatic rings. The number of ether oxygens (including phenoxy) is 1. The highest BCUT2D eigenvalue weighted by Crippen LogP contribution is 2.50. The van der Waals surface area contributed by atoms with Gasteiger partial charge in [0.05, 0.1) is 24.2 Å². The smallest absolute Gasteiger partial charge is 0.318 e. The van der Waals surface area contributed by atoms with Crippen molar-refractivity contribution in [1.82, 2.24) is 19.8 Å². The standard InChI is InChI=1S/C32H37ClN6O2/c1-4-28(40)39-16-15-38(19-22(39)11-13-34)30-24-10-12-32(17-21(2)29-25(32)8-5-9-26(29)33)18-27(24)35-31(36-30)41-20-23-7-6-14-37(23)3/h4-5,8-9,17,22-23H,1,6-7,10-12,14-16,18-20H2,2-3H3/t22-,23-,32+/m0/s1. The van der Waals surface area contributed by atoms with Crippen molar-refractivity contribution in [2.45, 2.75) is 62.9 Å². The van der Waals surface area contributed by atoms with Gasteiger partial charge in [-0.15, -0.1) is 0 Å². The third-order valence-corrected chi connectivity index (χ3v) is 9.75. The number of hydrogen-bond donors (Lipinski definition) is 0. The zero-order chi connectivity index (χ0) is 28.7. The second-order valence-electron chi connectivity index (χ2n) is 11.9. The molecule has 0 unspecified atom stereocenters. The van der Waals surface area contributed by atoms with Crippen LogP contribution in [-0.4, -0.2) is 77.6 Å². The van der Waals surface area contributed by atoms with Crippen molar-refractivity contribution >= 4 is 28.9 Å². The van der Waals surface area contributed by atoms with E-state index in [0.29, 0.717) is 38.3 Å². The quantitative estimate of drug-likeness (QED) is 0.469. The number of benzene rings is 1. The molecule has 1 aromatic heterocycles. The van der Waals surface area contributed by atoms with Crippen LogP contribution in [0.15, 0.2) is 36.9 Å². The first-order valence-electron chi connectivity index (χ1n) is 14.6. The van der Waals surface area contributed by atoms with Crippen LogP contribution in [0.3, 0.4) is 0 Å². The minimum atomic E-state index is -0.231. The molecule has 1 amide bonds. The van der Waals surface area contributed by atoms with Gasteiger partial charge >= 0.3 is 6.01 Å². The predicted octanol–water partition coefficient (Wildman–Crippen LogP) is 4.56. The van der Waals surface area contributed by atoms with Crippen LogP contribution in [0.25, 0.3) is 5.57 Å². The van der Waals surface area contributed by atoms with E-state index in [4.69, 9.17) is 26.3 Å². The molecule has 2 aliphatic carbocycles. The van der Waals surface area contributed by atoms with Gasteiger partial charge in [-0.3, -0.25) is 4.79 Å². The van der Waals surface area contributed by atoms with Gasteiger partial charge in [0.1, 0.15) is 12.4 Å². The molecule has 0 radical (unpaired) electrons. The lowest BCUT2D eigenvalue weighted by molar-refractivity contribution is -0.128. The van der Waals surface area contributed by atoms with Gasteiger partial charge in [0, 0.05) is 48.1 Å². The molecule has 3 heterocycles. The number of likely N-dealkylation sites (tertiary alicyclic amines) is 1. The summed E-state index contributed by atoms with van der Waals surface area (Å²) in [6, 6.07) is 9.01.